The van der Waals surface area contributed by atoms with Crippen molar-refractivity contribution in [2.24, 2.45) is 0 Å². The van der Waals surface area contributed by atoms with Crippen LogP contribution in [0.4, 0.5) is 0 Å². The largest absolute Gasteiger partial charge is 0 e. The van der Waals surface area contributed by atoms with Crippen molar-refractivity contribution in [1.29, 1.82) is 0 Å². The molecule has 115 heavy (non-hydrogen) atoms. The molecule has 0 N–H and O–H groups in total. The van der Waals surface area contributed by atoms with E-state index >= 15 is 0 Å². The normalized spacial score (nSPS) is 9.84. The van der Waals surface area contributed by atoms with Gasteiger partial charge in [0, 0.05) is 813 Å². The van der Waals surface area contributed by atoms with E-state index in [1.807, 2.05) is 0 Å². The minimum atomic E-state index is -2.57. The van der Waals surface area contributed by atoms with Gasteiger partial charge in [-0.15, -0.1) is 0 Å². The minimum absolute atomic E-state index is 0.924. The summed E-state index contributed by atoms with van der Waals surface area (Å²) in [6.07, 6.45) is -115. The van der Waals surface area contributed by atoms with Gasteiger partial charge in [0.05, 0.1) is 0 Å². The highest BCUT2D eigenvalue weighted by Gasteiger charge is 2.70. The fourth-order valence-corrected chi connectivity index (χ4v) is 20.9. The maximum Gasteiger partial charge on any atom is 0 e. The van der Waals surface area contributed by atoms with Gasteiger partial charge in [-0.3, -0.25) is 0 Å². The van der Waals surface area contributed by atoms with Gasteiger partial charge in [-0.05, 0) is 0 Å². The summed E-state index contributed by atoms with van der Waals surface area (Å²) in [5, 5.41) is 0. The molecule has 0 aliphatic carbocycles. The number of hydrogen-bond donors (Lipinski definition) is 0. The number of rotatable bonds is 56. The quantitative estimate of drug-likeness (QED) is 0.0533. The molecule has 0 saturated heterocycles. The van der Waals surface area contributed by atoms with Crippen molar-refractivity contribution in [2.75, 3.05) is 0 Å². The Morgan fingerprint density at radius 1 is 0.0783 bits per heavy atom. The highest BCUT2D eigenvalue weighted by atomic mass is 13.5. The standard InChI is InChI=1S/B115/c1-59-88(58)103(89(60(2)3)61(4)5)110(102(86(54)55)87(56)57)114(111(104(90(62(6)7)63(8)9)91(64(10)11)65(12)13)105(92(66(14)15)67(16)17)93(68(18)19)69(20)21)115(112(106(94(70(22)23)71(24)25)95(72(26)27)73(28)29)107(96(74(30)31)75(32)33)97(76(34)35)77(36)37)113(108(98(78(38)39)79(40)41)99(80(42)43)81(44)45)109(100(82(46)47)83(48)49)101(84(50)51)85(52)53. The third-order valence-electron chi connectivity index (χ3n) is 24.7. The molecule has 0 aliphatic rings. The van der Waals surface area contributed by atoms with Crippen molar-refractivity contribution in [2.45, 2.75) is 0 Å². The van der Waals surface area contributed by atoms with Crippen molar-refractivity contribution in [1.82, 2.24) is 0 Å². The molecule has 0 aromatic heterocycles. The third kappa shape index (κ3) is 32.9. The van der Waals surface area contributed by atoms with E-state index in [1.54, 1.807) is 0 Å². The molecule has 115 heteroatoms. The van der Waals surface area contributed by atoms with Crippen molar-refractivity contribution in [3.8, 4) is 0 Å². The molecule has 0 spiro atoms. The number of hydrogen-bond acceptors (Lipinski definition) is 0. The van der Waals surface area contributed by atoms with Crippen LogP contribution in [0.2, 0.25) is 0 Å². The average molecular weight is 1240 g/mol. The Kier molecular flexibility index (Phi) is 60.3. The van der Waals surface area contributed by atoms with E-state index in [2.05, 4.69) is 0 Å². The summed E-state index contributed by atoms with van der Waals surface area (Å²) in [7, 11) is 423. The zero-order chi connectivity index (χ0) is 91.0. The molecule has 0 heterocycles. The predicted molar refractivity (Wildman–Crippen MR) is 662 cm³/mol. The van der Waals surface area contributed by atoms with Crippen molar-refractivity contribution < 1.29 is 0 Å². The van der Waals surface area contributed by atoms with E-state index in [0.717, 1.165) is 7.06 Å². The zero-order valence-corrected chi connectivity index (χ0v) is 66.4. The lowest BCUT2D eigenvalue weighted by Gasteiger charge is -2.64. The smallest absolute Gasteiger partial charge is 0 e. The molecule has 0 aliphatic heterocycles. The Hall–Kier alpha value is 7.47. The van der Waals surface area contributed by atoms with Crippen LogP contribution in [-0.4, -0.2) is 813 Å². The lowest BCUT2D eigenvalue weighted by atomic mass is 8.17. The van der Waals surface area contributed by atoms with Crippen LogP contribution in [0.15, 0.2) is 0 Å². The summed E-state index contributed by atoms with van der Waals surface area (Å²) in [5.41, 5.74) is 0. The summed E-state index contributed by atoms with van der Waals surface area (Å²) in [6.45, 7) is 0. The molecule has 0 aromatic rings. The molecule has 0 amide bonds. The van der Waals surface area contributed by atoms with E-state index in [4.69, 9.17) is 449 Å². The summed E-state index contributed by atoms with van der Waals surface area (Å²) in [4.78, 5) is 0. The molecule has 0 bridgehead atoms. The summed E-state index contributed by atoms with van der Waals surface area (Å²) in [6, 6.07) is 0. The Balaban J connectivity index is 16.1. The molecule has 345 valence electrons. The highest BCUT2D eigenvalue weighted by Crippen LogP contribution is 2.32. The van der Waals surface area contributed by atoms with Crippen LogP contribution >= 0.6 is 0 Å². The Labute approximate surface area is 804 Å². The van der Waals surface area contributed by atoms with Gasteiger partial charge in [-0.2, -0.15) is 0 Å². The van der Waals surface area contributed by atoms with Crippen LogP contribution in [-0.2, 0) is 0 Å². The highest BCUT2D eigenvalue weighted by molar-refractivity contribution is 8.46. The SMILES string of the molecule is [B][B]B([B])B(B(B([B])[B])B([B])[B])B(B(B([B])[B])B([B])[B])B(B(B(B(B([B])[B])B([B])[B])B(B([B])[B])B([B])[B])B(B(B([B])[B])B([B])[B])B(B([B])[B])B([B])[B])B(B(B(B(B([B])[B])B([B])[B])B(B([B])[B])B([B])[B])B(B(B([B])[B])B([B])[B])B(B([B])[B])B([B])[B])B(B(B(B([B])[B])B([B])[B])B(B([B])[B])B([B])[B])B(B(B([B])[B])B([B])[B])B(B([B])[B])B([B])[B]. The summed E-state index contributed by atoms with van der Waals surface area (Å²) in [5.74, 6) is 0. The Morgan fingerprint density at radius 2 is 0.130 bits per heavy atom. The molecule has 117 radical (unpaired) electrons. The van der Waals surface area contributed by atoms with Gasteiger partial charge in [0.1, 0.15) is 0 Å². The van der Waals surface area contributed by atoms with Crippen molar-refractivity contribution in [3.05, 3.63) is 0 Å². The minimum Gasteiger partial charge on any atom is 0 e. The van der Waals surface area contributed by atoms with Gasteiger partial charge in [-0.1, -0.05) is 0 Å². The van der Waals surface area contributed by atoms with Crippen molar-refractivity contribution in [3.63, 3.8) is 0 Å². The van der Waals surface area contributed by atoms with Crippen LogP contribution in [0.5, 0.6) is 0 Å². The second-order valence-corrected chi connectivity index (χ2v) is 32.5. The molecule has 0 aromatic carbocycles. The molecular formula is B115. The van der Waals surface area contributed by atoms with Gasteiger partial charge in [-0.25, -0.2) is 0 Å². The molecule has 0 atom stereocenters. The van der Waals surface area contributed by atoms with E-state index in [0.29, 0.717) is 0 Å². The van der Waals surface area contributed by atoms with Gasteiger partial charge in [0.25, 0.3) is 0 Å². The molecule has 0 saturated carbocycles. The maximum absolute atomic E-state index is 7.75. The lowest BCUT2D eigenvalue weighted by Crippen LogP contribution is -3.02. The fraction of sp³-hybridized carbons (Fsp3) is 0. The first-order valence-corrected chi connectivity index (χ1v) is 38.0. The van der Waals surface area contributed by atoms with Gasteiger partial charge in [0.2, 0.25) is 0 Å². The maximum atomic E-state index is 7.75. The van der Waals surface area contributed by atoms with E-state index < -0.39 is 358 Å². The first-order chi connectivity index (χ1) is 52.4. The Bertz CT molecular complexity index is 1990. The van der Waals surface area contributed by atoms with Crippen molar-refractivity contribution >= 4 is 813 Å². The van der Waals surface area contributed by atoms with E-state index in [9.17, 15) is 0 Å². The van der Waals surface area contributed by atoms with Gasteiger partial charge in [0.15, 0.2) is 0 Å². The van der Waals surface area contributed by atoms with Crippen LogP contribution in [0.25, 0.3) is 0 Å². The summed E-state index contributed by atoms with van der Waals surface area (Å²) >= 11 is 0. The predicted octanol–water partition coefficient (Wildman–Crippen LogP) is -43.8. The Morgan fingerprint density at radius 3 is 0.191 bits per heavy atom. The van der Waals surface area contributed by atoms with E-state index in [-0.39, 0.29) is 0 Å². The van der Waals surface area contributed by atoms with E-state index in [1.165, 1.54) is 0 Å². The lowest BCUT2D eigenvalue weighted by molar-refractivity contribution is 3.11. The zero-order valence-electron chi connectivity index (χ0n) is 66.4. The average Bonchev–Trinajstić information content (AvgIpc) is 0.703. The topological polar surface area (TPSA) is 0 Å². The molecule has 0 nitrogen and oxygen atoms in total. The van der Waals surface area contributed by atoms with Crippen LogP contribution in [0.1, 0.15) is 0 Å². The molecular weight excluding hydrogens is 1240 g/mol. The van der Waals surface area contributed by atoms with Crippen LogP contribution in [0.3, 0.4) is 0 Å². The van der Waals surface area contributed by atoms with Gasteiger partial charge < -0.3 is 0 Å². The molecule has 0 unspecified atom stereocenters. The van der Waals surface area contributed by atoms with Crippen LogP contribution in [0, 0.1) is 0 Å². The first kappa shape index (κ1) is 122. The second-order valence-electron chi connectivity index (χ2n) is 32.5. The third-order valence-corrected chi connectivity index (χ3v) is 24.7. The summed E-state index contributed by atoms with van der Waals surface area (Å²) < 4.78 is 0. The van der Waals surface area contributed by atoms with Crippen LogP contribution < -0.4 is 0 Å². The fourth-order valence-electron chi connectivity index (χ4n) is 20.9. The van der Waals surface area contributed by atoms with Gasteiger partial charge >= 0.3 is 0 Å². The molecule has 0 rings (SSSR count). The monoisotopic (exact) mass is 1270 g/mol. The first-order valence-electron chi connectivity index (χ1n) is 38.0. The second kappa shape index (κ2) is 56.6. The molecule has 0 fully saturated rings.